The molecule has 0 aliphatic heterocycles. The summed E-state index contributed by atoms with van der Waals surface area (Å²) in [6.07, 6.45) is 6.55. The van der Waals surface area contributed by atoms with Crippen LogP contribution in [0.4, 0.5) is 0 Å². The zero-order chi connectivity index (χ0) is 10.8. The summed E-state index contributed by atoms with van der Waals surface area (Å²) in [4.78, 5) is 10.5. The van der Waals surface area contributed by atoms with E-state index in [4.69, 9.17) is 5.26 Å². The Morgan fingerprint density at radius 1 is 1.64 bits per heavy atom. The van der Waals surface area contributed by atoms with Crippen LogP contribution in [0.1, 0.15) is 32.6 Å². The van der Waals surface area contributed by atoms with E-state index in [0.29, 0.717) is 6.42 Å². The average Bonchev–Trinajstić information content (AvgIpc) is 2.13. The van der Waals surface area contributed by atoms with Crippen molar-refractivity contribution >= 4 is 5.91 Å². The van der Waals surface area contributed by atoms with Gasteiger partial charge in [-0.25, -0.2) is 0 Å². The van der Waals surface area contributed by atoms with E-state index in [9.17, 15) is 4.79 Å². The maximum absolute atomic E-state index is 10.5. The quantitative estimate of drug-likeness (QED) is 0.518. The molecule has 0 aliphatic carbocycles. The highest BCUT2D eigenvalue weighted by molar-refractivity contribution is 5.73. The van der Waals surface area contributed by atoms with Crippen LogP contribution in [-0.4, -0.2) is 5.91 Å². The third kappa shape index (κ3) is 8.54. The van der Waals surface area contributed by atoms with Gasteiger partial charge in [0, 0.05) is 19.5 Å². The molecule has 14 heavy (non-hydrogen) atoms. The highest BCUT2D eigenvalue weighted by Crippen LogP contribution is 2.08. The van der Waals surface area contributed by atoms with Crippen LogP contribution in [0.15, 0.2) is 24.4 Å². The number of allylic oxidation sites excluding steroid dienone is 2. The SMILES string of the molecule is C=C(C/C=C/NC(C)=O)CCCC#N. The molecule has 0 fully saturated rings. The maximum Gasteiger partial charge on any atom is 0.220 e. The molecule has 76 valence electrons. The van der Waals surface area contributed by atoms with Crippen LogP contribution in [0.2, 0.25) is 0 Å². The molecule has 3 nitrogen and oxygen atoms in total. The van der Waals surface area contributed by atoms with E-state index in [2.05, 4.69) is 18.0 Å². The predicted octanol–water partition coefficient (Wildman–Crippen LogP) is 2.28. The lowest BCUT2D eigenvalue weighted by Gasteiger charge is -1.99. The lowest BCUT2D eigenvalue weighted by molar-refractivity contribution is -0.118. The third-order valence-electron chi connectivity index (χ3n) is 1.63. The van der Waals surface area contributed by atoms with Gasteiger partial charge < -0.3 is 5.32 Å². The first-order valence-electron chi connectivity index (χ1n) is 4.62. The van der Waals surface area contributed by atoms with Crippen LogP contribution in [0.5, 0.6) is 0 Å². The van der Waals surface area contributed by atoms with Crippen molar-refractivity contribution in [1.29, 1.82) is 5.26 Å². The fourth-order valence-corrected chi connectivity index (χ4v) is 0.921. The van der Waals surface area contributed by atoms with Crippen molar-refractivity contribution in [3.8, 4) is 6.07 Å². The monoisotopic (exact) mass is 192 g/mol. The number of carbonyl (C=O) groups is 1. The first-order chi connectivity index (χ1) is 6.66. The molecule has 0 saturated carbocycles. The van der Waals surface area contributed by atoms with Gasteiger partial charge in [-0.05, 0) is 19.3 Å². The molecule has 0 unspecified atom stereocenters. The molecule has 0 aromatic rings. The molecular formula is C11H16N2O. The molecule has 0 saturated heterocycles. The number of amides is 1. The van der Waals surface area contributed by atoms with E-state index in [1.54, 1.807) is 6.20 Å². The van der Waals surface area contributed by atoms with E-state index in [1.165, 1.54) is 6.92 Å². The van der Waals surface area contributed by atoms with Gasteiger partial charge in [-0.15, -0.1) is 0 Å². The second-order valence-electron chi connectivity index (χ2n) is 3.07. The van der Waals surface area contributed by atoms with Crippen LogP contribution < -0.4 is 5.32 Å². The van der Waals surface area contributed by atoms with Gasteiger partial charge in [-0.3, -0.25) is 4.79 Å². The summed E-state index contributed by atoms with van der Waals surface area (Å²) in [5.41, 5.74) is 1.09. The molecule has 3 heteroatoms. The average molecular weight is 192 g/mol. The highest BCUT2D eigenvalue weighted by Gasteiger charge is 1.91. The normalized spacial score (nSPS) is 9.71. The molecule has 0 spiro atoms. The molecule has 1 N–H and O–H groups in total. The maximum atomic E-state index is 10.5. The first-order valence-corrected chi connectivity index (χ1v) is 4.62. The molecular weight excluding hydrogens is 176 g/mol. The number of nitriles is 1. The fraction of sp³-hybridized carbons (Fsp3) is 0.455. The van der Waals surface area contributed by atoms with Gasteiger partial charge in [0.05, 0.1) is 6.07 Å². The Labute approximate surface area is 85.1 Å². The Morgan fingerprint density at radius 2 is 2.36 bits per heavy atom. The van der Waals surface area contributed by atoms with Gasteiger partial charge in [0.2, 0.25) is 5.91 Å². The first kappa shape index (κ1) is 12.4. The van der Waals surface area contributed by atoms with Crippen LogP contribution in [0.25, 0.3) is 0 Å². The van der Waals surface area contributed by atoms with E-state index in [-0.39, 0.29) is 5.91 Å². The Bertz CT molecular complexity index is 261. The molecule has 0 aromatic heterocycles. The molecule has 1 amide bonds. The van der Waals surface area contributed by atoms with Crippen molar-refractivity contribution in [2.24, 2.45) is 0 Å². The van der Waals surface area contributed by atoms with E-state index < -0.39 is 0 Å². The highest BCUT2D eigenvalue weighted by atomic mass is 16.1. The molecule has 0 heterocycles. The zero-order valence-corrected chi connectivity index (χ0v) is 8.55. The standard InChI is InChI=1S/C11H16N2O/c1-10(6-3-4-8-12)7-5-9-13-11(2)14/h5,9H,1,3-4,6-7H2,2H3,(H,13,14)/b9-5+. The Hall–Kier alpha value is -1.56. The molecule has 0 atom stereocenters. The number of hydrogen-bond donors (Lipinski definition) is 1. The summed E-state index contributed by atoms with van der Waals surface area (Å²) in [6.45, 7) is 5.33. The molecule has 0 radical (unpaired) electrons. The van der Waals surface area contributed by atoms with Crippen molar-refractivity contribution in [1.82, 2.24) is 5.32 Å². The number of carbonyl (C=O) groups excluding carboxylic acids is 1. The van der Waals surface area contributed by atoms with Crippen molar-refractivity contribution in [2.75, 3.05) is 0 Å². The van der Waals surface area contributed by atoms with E-state index in [1.807, 2.05) is 6.08 Å². The van der Waals surface area contributed by atoms with E-state index >= 15 is 0 Å². The predicted molar refractivity (Wildman–Crippen MR) is 56.2 cm³/mol. The number of hydrogen-bond acceptors (Lipinski definition) is 2. The van der Waals surface area contributed by atoms with Crippen molar-refractivity contribution in [3.63, 3.8) is 0 Å². The van der Waals surface area contributed by atoms with Gasteiger partial charge in [0.15, 0.2) is 0 Å². The minimum absolute atomic E-state index is 0.0728. The van der Waals surface area contributed by atoms with Crippen LogP contribution in [0, 0.1) is 11.3 Å². The minimum atomic E-state index is -0.0728. The van der Waals surface area contributed by atoms with E-state index in [0.717, 1.165) is 24.8 Å². The summed E-state index contributed by atoms with van der Waals surface area (Å²) < 4.78 is 0. The van der Waals surface area contributed by atoms with Gasteiger partial charge in [-0.1, -0.05) is 18.2 Å². The van der Waals surface area contributed by atoms with Crippen LogP contribution in [0.3, 0.4) is 0 Å². The van der Waals surface area contributed by atoms with Crippen molar-refractivity contribution in [2.45, 2.75) is 32.6 Å². The second kappa shape index (κ2) is 8.06. The summed E-state index contributed by atoms with van der Waals surface area (Å²) in [7, 11) is 0. The zero-order valence-electron chi connectivity index (χ0n) is 8.55. The molecule has 0 aliphatic rings. The van der Waals surface area contributed by atoms with Gasteiger partial charge in [0.25, 0.3) is 0 Å². The Morgan fingerprint density at radius 3 is 2.93 bits per heavy atom. The van der Waals surface area contributed by atoms with Crippen molar-refractivity contribution < 1.29 is 4.79 Å². The fourth-order valence-electron chi connectivity index (χ4n) is 0.921. The summed E-state index contributed by atoms with van der Waals surface area (Å²) >= 11 is 0. The van der Waals surface area contributed by atoms with Crippen LogP contribution in [-0.2, 0) is 4.79 Å². The molecule has 0 rings (SSSR count). The summed E-state index contributed by atoms with van der Waals surface area (Å²) in [5.74, 6) is -0.0728. The van der Waals surface area contributed by atoms with Crippen LogP contribution >= 0.6 is 0 Å². The topological polar surface area (TPSA) is 52.9 Å². The Balaban J connectivity index is 3.49. The smallest absolute Gasteiger partial charge is 0.220 e. The lowest BCUT2D eigenvalue weighted by atomic mass is 10.1. The number of nitrogens with one attached hydrogen (secondary N) is 1. The second-order valence-corrected chi connectivity index (χ2v) is 3.07. The largest absolute Gasteiger partial charge is 0.333 e. The van der Waals surface area contributed by atoms with Crippen molar-refractivity contribution in [3.05, 3.63) is 24.4 Å². The number of rotatable bonds is 6. The minimum Gasteiger partial charge on any atom is -0.333 e. The van der Waals surface area contributed by atoms with Gasteiger partial charge >= 0.3 is 0 Å². The molecule has 0 bridgehead atoms. The third-order valence-corrected chi connectivity index (χ3v) is 1.63. The molecule has 0 aromatic carbocycles. The van der Waals surface area contributed by atoms with Gasteiger partial charge in [-0.2, -0.15) is 5.26 Å². The lowest BCUT2D eigenvalue weighted by Crippen LogP contribution is -2.11. The van der Waals surface area contributed by atoms with Gasteiger partial charge in [0.1, 0.15) is 0 Å². The summed E-state index contributed by atoms with van der Waals surface area (Å²) in [6, 6.07) is 2.09. The number of nitrogens with zero attached hydrogens (tertiary/aromatic N) is 1. The Kier molecular flexibility index (Phi) is 7.16. The summed E-state index contributed by atoms with van der Waals surface area (Å²) in [5, 5.41) is 10.9. The number of unbranched alkanes of at least 4 members (excludes halogenated alkanes) is 1.